The van der Waals surface area contributed by atoms with Crippen molar-refractivity contribution in [2.75, 3.05) is 0 Å². The first kappa shape index (κ1) is 12.9. The van der Waals surface area contributed by atoms with Crippen LogP contribution in [0.3, 0.4) is 0 Å². The van der Waals surface area contributed by atoms with Crippen molar-refractivity contribution in [3.05, 3.63) is 24.0 Å². The molecule has 7 nitrogen and oxygen atoms in total. The topological polar surface area (TPSA) is 120 Å². The molecule has 4 N–H and O–H groups in total. The summed E-state index contributed by atoms with van der Waals surface area (Å²) in [6.45, 7) is 1.23. The summed E-state index contributed by atoms with van der Waals surface area (Å²) in [4.78, 5) is 25.9. The number of aliphatic hydroxyl groups is 1. The molecule has 1 amide bonds. The minimum Gasteiger partial charge on any atom is -0.505 e. The third kappa shape index (κ3) is 3.15. The number of carboxylic acid groups (broad SMARTS) is 1. The molecule has 0 radical (unpaired) electrons. The lowest BCUT2D eigenvalue weighted by molar-refractivity contribution is -0.141. The van der Waals surface area contributed by atoms with Gasteiger partial charge in [-0.25, -0.2) is 9.78 Å². The number of hydrogen-bond acceptors (Lipinski definition) is 5. The maximum Gasteiger partial charge on any atom is 0.328 e. The number of aliphatic carboxylic acids is 1. The molecule has 7 heteroatoms. The van der Waals surface area contributed by atoms with Crippen molar-refractivity contribution in [1.82, 2.24) is 10.3 Å². The van der Waals surface area contributed by atoms with Crippen LogP contribution >= 0.6 is 0 Å². The SMILES string of the molecule is C[C@@H](O)[C@H](NC(=O)c1ncccc1O)C(=O)O. The molecule has 0 saturated heterocycles. The Bertz CT molecular complexity index is 432. The van der Waals surface area contributed by atoms with E-state index in [0.29, 0.717) is 0 Å². The van der Waals surface area contributed by atoms with Crippen LogP contribution in [0.4, 0.5) is 0 Å². The van der Waals surface area contributed by atoms with E-state index in [4.69, 9.17) is 10.2 Å². The number of carbonyl (C=O) groups excluding carboxylic acids is 1. The standard InChI is InChI=1S/C10H12N2O5/c1-5(13)7(10(16)17)12-9(15)8-6(14)3-2-4-11-8/h2-5,7,13-14H,1H3,(H,12,15)(H,16,17)/t5-,7+/m1/s1. The predicted octanol–water partition coefficient (Wildman–Crippen LogP) is -0.649. The molecule has 0 aliphatic carbocycles. The molecule has 0 unspecified atom stereocenters. The Morgan fingerprint density at radius 3 is 2.59 bits per heavy atom. The Labute approximate surface area is 96.7 Å². The maximum atomic E-state index is 11.6. The zero-order valence-corrected chi connectivity index (χ0v) is 8.99. The number of aliphatic hydroxyl groups excluding tert-OH is 1. The van der Waals surface area contributed by atoms with E-state index in [2.05, 4.69) is 10.3 Å². The van der Waals surface area contributed by atoms with Gasteiger partial charge in [-0.3, -0.25) is 4.79 Å². The second-order valence-electron chi connectivity index (χ2n) is 3.40. The van der Waals surface area contributed by atoms with E-state index < -0.39 is 24.0 Å². The smallest absolute Gasteiger partial charge is 0.328 e. The van der Waals surface area contributed by atoms with Gasteiger partial charge < -0.3 is 20.6 Å². The summed E-state index contributed by atoms with van der Waals surface area (Å²) < 4.78 is 0. The van der Waals surface area contributed by atoms with Crippen LogP contribution in [0.25, 0.3) is 0 Å². The second-order valence-corrected chi connectivity index (χ2v) is 3.40. The van der Waals surface area contributed by atoms with Crippen LogP contribution < -0.4 is 5.32 Å². The van der Waals surface area contributed by atoms with E-state index in [1.165, 1.54) is 25.3 Å². The van der Waals surface area contributed by atoms with Crippen molar-refractivity contribution in [3.8, 4) is 5.75 Å². The highest BCUT2D eigenvalue weighted by Crippen LogP contribution is 2.12. The molecule has 1 rings (SSSR count). The third-order valence-electron chi connectivity index (χ3n) is 2.04. The third-order valence-corrected chi connectivity index (χ3v) is 2.04. The normalized spacial score (nSPS) is 13.8. The summed E-state index contributed by atoms with van der Waals surface area (Å²) in [6.07, 6.45) is 0.0228. The number of aromatic hydroxyl groups is 1. The van der Waals surface area contributed by atoms with Gasteiger partial charge in [-0.1, -0.05) is 0 Å². The first-order valence-electron chi connectivity index (χ1n) is 4.79. The highest BCUT2D eigenvalue weighted by Gasteiger charge is 2.26. The predicted molar refractivity (Wildman–Crippen MR) is 56.5 cm³/mol. The van der Waals surface area contributed by atoms with Crippen LogP contribution in [0.2, 0.25) is 0 Å². The van der Waals surface area contributed by atoms with Crippen LogP contribution in [-0.2, 0) is 4.79 Å². The lowest BCUT2D eigenvalue weighted by Crippen LogP contribution is -2.47. The molecule has 0 spiro atoms. The molecule has 0 aliphatic rings. The molecule has 1 heterocycles. The molecule has 2 atom stereocenters. The summed E-state index contributed by atoms with van der Waals surface area (Å²) >= 11 is 0. The minimum absolute atomic E-state index is 0.292. The highest BCUT2D eigenvalue weighted by atomic mass is 16.4. The first-order valence-corrected chi connectivity index (χ1v) is 4.79. The van der Waals surface area contributed by atoms with Gasteiger partial charge in [0, 0.05) is 6.20 Å². The maximum absolute atomic E-state index is 11.6. The second kappa shape index (κ2) is 5.26. The van der Waals surface area contributed by atoms with Crippen LogP contribution in [0.5, 0.6) is 5.75 Å². The van der Waals surface area contributed by atoms with Gasteiger partial charge in [0.05, 0.1) is 6.10 Å². The lowest BCUT2D eigenvalue weighted by atomic mass is 10.2. The number of carbonyl (C=O) groups is 2. The summed E-state index contributed by atoms with van der Waals surface area (Å²) in [5.74, 6) is -2.60. The number of nitrogens with zero attached hydrogens (tertiary/aromatic N) is 1. The minimum atomic E-state index is -1.45. The van der Waals surface area contributed by atoms with Crippen LogP contribution in [-0.4, -0.2) is 44.3 Å². The van der Waals surface area contributed by atoms with E-state index in [-0.39, 0.29) is 11.4 Å². The number of aromatic nitrogens is 1. The summed E-state index contributed by atoms with van der Waals surface area (Å²) in [5.41, 5.74) is -0.292. The quantitative estimate of drug-likeness (QED) is 0.555. The van der Waals surface area contributed by atoms with Crippen LogP contribution in [0, 0.1) is 0 Å². The van der Waals surface area contributed by atoms with Gasteiger partial charge in [0.25, 0.3) is 5.91 Å². The van der Waals surface area contributed by atoms with E-state index in [1.54, 1.807) is 0 Å². The fourth-order valence-electron chi connectivity index (χ4n) is 1.17. The Hall–Kier alpha value is -2.15. The molecular formula is C10H12N2O5. The number of carboxylic acids is 1. The van der Waals surface area contributed by atoms with E-state index in [9.17, 15) is 14.7 Å². The average Bonchev–Trinajstić information content (AvgIpc) is 2.25. The Morgan fingerprint density at radius 1 is 1.47 bits per heavy atom. The van der Waals surface area contributed by atoms with Gasteiger partial charge in [0.1, 0.15) is 5.75 Å². The van der Waals surface area contributed by atoms with E-state index in [0.717, 1.165) is 0 Å². The van der Waals surface area contributed by atoms with Gasteiger partial charge in [-0.05, 0) is 19.1 Å². The zero-order valence-electron chi connectivity index (χ0n) is 8.99. The number of amides is 1. The lowest BCUT2D eigenvalue weighted by Gasteiger charge is -2.16. The number of nitrogens with one attached hydrogen (secondary N) is 1. The van der Waals surface area contributed by atoms with Gasteiger partial charge in [0.2, 0.25) is 0 Å². The Balaban J connectivity index is 2.85. The Kier molecular flexibility index (Phi) is 4.00. The van der Waals surface area contributed by atoms with Crippen molar-refractivity contribution in [1.29, 1.82) is 0 Å². The number of hydrogen-bond donors (Lipinski definition) is 4. The molecule has 0 bridgehead atoms. The van der Waals surface area contributed by atoms with Crippen molar-refractivity contribution < 1.29 is 24.9 Å². The van der Waals surface area contributed by atoms with E-state index >= 15 is 0 Å². The molecule has 0 saturated carbocycles. The largest absolute Gasteiger partial charge is 0.505 e. The monoisotopic (exact) mass is 240 g/mol. The molecule has 1 aromatic heterocycles. The Morgan fingerprint density at radius 2 is 2.12 bits per heavy atom. The molecular weight excluding hydrogens is 228 g/mol. The summed E-state index contributed by atoms with van der Waals surface area (Å²) in [5, 5.41) is 29.3. The summed E-state index contributed by atoms with van der Waals surface area (Å²) in [7, 11) is 0. The van der Waals surface area contributed by atoms with Gasteiger partial charge in [-0.15, -0.1) is 0 Å². The zero-order chi connectivity index (χ0) is 13.0. The summed E-state index contributed by atoms with van der Waals surface area (Å²) in [6, 6.07) is 1.22. The van der Waals surface area contributed by atoms with Crippen LogP contribution in [0.1, 0.15) is 17.4 Å². The van der Waals surface area contributed by atoms with Crippen LogP contribution in [0.15, 0.2) is 18.3 Å². The van der Waals surface area contributed by atoms with Gasteiger partial charge in [0.15, 0.2) is 11.7 Å². The molecule has 92 valence electrons. The number of pyridine rings is 1. The first-order chi connectivity index (χ1) is 7.93. The van der Waals surface area contributed by atoms with Crippen molar-refractivity contribution in [3.63, 3.8) is 0 Å². The van der Waals surface area contributed by atoms with Crippen molar-refractivity contribution in [2.45, 2.75) is 19.1 Å². The molecule has 0 fully saturated rings. The molecule has 17 heavy (non-hydrogen) atoms. The fraction of sp³-hybridized carbons (Fsp3) is 0.300. The van der Waals surface area contributed by atoms with Gasteiger partial charge >= 0.3 is 5.97 Å². The number of rotatable bonds is 4. The molecule has 1 aromatic rings. The molecule has 0 aromatic carbocycles. The van der Waals surface area contributed by atoms with Gasteiger partial charge in [-0.2, -0.15) is 0 Å². The van der Waals surface area contributed by atoms with E-state index in [1.807, 2.05) is 0 Å². The van der Waals surface area contributed by atoms with Crippen molar-refractivity contribution >= 4 is 11.9 Å². The molecule has 0 aliphatic heterocycles. The van der Waals surface area contributed by atoms with Crippen molar-refractivity contribution in [2.24, 2.45) is 0 Å². The average molecular weight is 240 g/mol. The fourth-order valence-corrected chi connectivity index (χ4v) is 1.17. The highest BCUT2D eigenvalue weighted by molar-refractivity contribution is 5.97.